The minimum Gasteiger partial charge on any atom is -0.295 e. The highest BCUT2D eigenvalue weighted by molar-refractivity contribution is 5.90. The zero-order valence-electron chi connectivity index (χ0n) is 10.8. The average Bonchev–Trinajstić information content (AvgIpc) is 2.33. The molecule has 1 N–H and O–H groups in total. The van der Waals surface area contributed by atoms with Gasteiger partial charge in [0.25, 0.3) is 0 Å². The van der Waals surface area contributed by atoms with Crippen LogP contribution in [0.3, 0.4) is 0 Å². The first-order valence-corrected chi connectivity index (χ1v) is 5.68. The summed E-state index contributed by atoms with van der Waals surface area (Å²) in [4.78, 5) is 25.2. The van der Waals surface area contributed by atoms with Gasteiger partial charge in [0.1, 0.15) is 0 Å². The topological polar surface area (TPSA) is 65.0 Å². The molecule has 100 valence electrons. The highest BCUT2D eigenvalue weighted by Crippen LogP contribution is 2.12. The summed E-state index contributed by atoms with van der Waals surface area (Å²) in [5.74, 6) is -0.776. The first-order valence-electron chi connectivity index (χ1n) is 5.68. The van der Waals surface area contributed by atoms with Gasteiger partial charge in [0.05, 0.1) is 17.8 Å². The lowest BCUT2D eigenvalue weighted by molar-refractivity contribution is -0.347. The summed E-state index contributed by atoms with van der Waals surface area (Å²) in [6, 6.07) is 6.85. The van der Waals surface area contributed by atoms with E-state index in [2.05, 4.69) is 4.89 Å². The summed E-state index contributed by atoms with van der Waals surface area (Å²) < 4.78 is 0. The zero-order valence-corrected chi connectivity index (χ0v) is 10.8. The van der Waals surface area contributed by atoms with Gasteiger partial charge in [-0.2, -0.15) is 5.26 Å². The number of rotatable bonds is 5. The first kappa shape index (κ1) is 14.6. The van der Waals surface area contributed by atoms with Gasteiger partial charge in [0.2, 0.25) is 0 Å². The van der Waals surface area contributed by atoms with Crippen LogP contribution in [0, 0.1) is 0 Å². The van der Waals surface area contributed by atoms with Crippen molar-refractivity contribution >= 4 is 5.97 Å². The van der Waals surface area contributed by atoms with Crippen molar-refractivity contribution in [3.63, 3.8) is 0 Å². The highest BCUT2D eigenvalue weighted by Gasteiger charge is 2.14. The van der Waals surface area contributed by atoms with E-state index in [1.807, 2.05) is 20.8 Å². The summed E-state index contributed by atoms with van der Waals surface area (Å²) in [7, 11) is 0. The van der Waals surface area contributed by atoms with Crippen molar-refractivity contribution in [2.75, 3.05) is 6.61 Å². The van der Waals surface area contributed by atoms with Gasteiger partial charge in [-0.3, -0.25) is 4.89 Å². The minimum atomic E-state index is -0.776. The number of hydrogen-bond donors (Lipinski definition) is 1. The fourth-order valence-electron chi connectivity index (χ4n) is 1.36. The molecule has 18 heavy (non-hydrogen) atoms. The third-order valence-electron chi connectivity index (χ3n) is 2.08. The van der Waals surface area contributed by atoms with E-state index in [4.69, 9.17) is 15.0 Å². The quantitative estimate of drug-likeness (QED) is 0.497. The van der Waals surface area contributed by atoms with Crippen LogP contribution in [0.5, 0.6) is 0 Å². The molecular formula is C13H18O5. The molecule has 5 nitrogen and oxygen atoms in total. The standard InChI is InChI=1S/C13H18O5/c1-13(2,3)18-16-9-8-10-6-4-5-7-11(10)12(14)17-15/h4-7,15H,8-9H2,1-3H3. The third-order valence-corrected chi connectivity index (χ3v) is 2.08. The van der Waals surface area contributed by atoms with E-state index >= 15 is 0 Å². The predicted octanol–water partition coefficient (Wildman–Crippen LogP) is 2.61. The minimum absolute atomic E-state index is 0.312. The highest BCUT2D eigenvalue weighted by atomic mass is 17.2. The maximum Gasteiger partial charge on any atom is 0.373 e. The Hall–Kier alpha value is -1.43. The summed E-state index contributed by atoms with van der Waals surface area (Å²) in [5, 5.41) is 8.39. The van der Waals surface area contributed by atoms with Gasteiger partial charge in [-0.15, -0.1) is 0 Å². The fourth-order valence-corrected chi connectivity index (χ4v) is 1.36. The van der Waals surface area contributed by atoms with Crippen molar-refractivity contribution in [2.45, 2.75) is 32.8 Å². The predicted molar refractivity (Wildman–Crippen MR) is 65.0 cm³/mol. The summed E-state index contributed by atoms with van der Waals surface area (Å²) >= 11 is 0. The molecule has 1 rings (SSSR count). The molecular weight excluding hydrogens is 236 g/mol. The molecule has 0 aliphatic heterocycles. The molecule has 5 heteroatoms. The fraction of sp³-hybridized carbons (Fsp3) is 0.462. The maximum absolute atomic E-state index is 11.3. The van der Waals surface area contributed by atoms with Crippen LogP contribution >= 0.6 is 0 Å². The second-order valence-corrected chi connectivity index (χ2v) is 4.80. The molecule has 0 unspecified atom stereocenters. The van der Waals surface area contributed by atoms with E-state index in [-0.39, 0.29) is 5.60 Å². The van der Waals surface area contributed by atoms with Gasteiger partial charge in [-0.25, -0.2) is 14.6 Å². The Balaban J connectivity index is 2.54. The van der Waals surface area contributed by atoms with Crippen molar-refractivity contribution in [3.05, 3.63) is 35.4 Å². The van der Waals surface area contributed by atoms with E-state index in [1.165, 1.54) is 0 Å². The summed E-state index contributed by atoms with van der Waals surface area (Å²) in [6.07, 6.45) is 0.487. The van der Waals surface area contributed by atoms with Gasteiger partial charge in [0.15, 0.2) is 0 Å². The van der Waals surface area contributed by atoms with Gasteiger partial charge >= 0.3 is 5.97 Å². The molecule has 0 heterocycles. The number of hydrogen-bond acceptors (Lipinski definition) is 5. The van der Waals surface area contributed by atoms with E-state index < -0.39 is 5.97 Å². The van der Waals surface area contributed by atoms with Crippen molar-refractivity contribution in [1.29, 1.82) is 0 Å². The molecule has 0 bridgehead atoms. The normalized spacial score (nSPS) is 11.3. The zero-order chi connectivity index (χ0) is 13.6. The molecule has 0 aliphatic rings. The molecule has 0 saturated heterocycles. The molecule has 0 saturated carbocycles. The lowest BCUT2D eigenvalue weighted by Crippen LogP contribution is -2.20. The third kappa shape index (κ3) is 4.83. The molecule has 0 fully saturated rings. The molecule has 1 aromatic rings. The molecule has 0 aliphatic carbocycles. The number of carbonyl (C=O) groups is 1. The van der Waals surface area contributed by atoms with Crippen LogP contribution in [-0.4, -0.2) is 23.4 Å². The van der Waals surface area contributed by atoms with Gasteiger partial charge < -0.3 is 0 Å². The monoisotopic (exact) mass is 254 g/mol. The molecule has 0 amide bonds. The molecule has 1 aromatic carbocycles. The maximum atomic E-state index is 11.3. The van der Waals surface area contributed by atoms with Crippen LogP contribution in [0.25, 0.3) is 0 Å². The Morgan fingerprint density at radius 3 is 2.56 bits per heavy atom. The second kappa shape index (κ2) is 6.49. The molecule has 0 spiro atoms. The molecule has 0 aromatic heterocycles. The van der Waals surface area contributed by atoms with Crippen molar-refractivity contribution in [3.8, 4) is 0 Å². The van der Waals surface area contributed by atoms with Crippen LogP contribution in [0.2, 0.25) is 0 Å². The van der Waals surface area contributed by atoms with Crippen LogP contribution < -0.4 is 0 Å². The first-order chi connectivity index (χ1) is 8.44. The Bertz CT molecular complexity index is 395. The SMILES string of the molecule is CC(C)(C)OOCCc1ccccc1C(=O)OO. The van der Waals surface area contributed by atoms with E-state index in [1.54, 1.807) is 24.3 Å². The lowest BCUT2D eigenvalue weighted by atomic mass is 10.1. The lowest BCUT2D eigenvalue weighted by Gasteiger charge is -2.17. The van der Waals surface area contributed by atoms with Crippen LogP contribution in [-0.2, 0) is 21.1 Å². The van der Waals surface area contributed by atoms with Crippen molar-refractivity contribution < 1.29 is 24.7 Å². The van der Waals surface area contributed by atoms with E-state index in [0.717, 1.165) is 5.56 Å². The van der Waals surface area contributed by atoms with Crippen LogP contribution in [0.4, 0.5) is 0 Å². The van der Waals surface area contributed by atoms with Crippen molar-refractivity contribution in [2.24, 2.45) is 0 Å². The summed E-state index contributed by atoms with van der Waals surface area (Å²) in [5.41, 5.74) is 0.678. The Kier molecular flexibility index (Phi) is 5.27. The van der Waals surface area contributed by atoms with Gasteiger partial charge in [0, 0.05) is 0 Å². The Labute approximate surface area is 106 Å². The number of carbonyl (C=O) groups excluding carboxylic acids is 1. The number of benzene rings is 1. The van der Waals surface area contributed by atoms with Gasteiger partial charge in [-0.1, -0.05) is 18.2 Å². The summed E-state index contributed by atoms with van der Waals surface area (Å²) in [6.45, 7) is 5.95. The second-order valence-electron chi connectivity index (χ2n) is 4.80. The largest absolute Gasteiger partial charge is 0.373 e. The average molecular weight is 254 g/mol. The van der Waals surface area contributed by atoms with Crippen LogP contribution in [0.15, 0.2) is 24.3 Å². The van der Waals surface area contributed by atoms with Crippen molar-refractivity contribution in [1.82, 2.24) is 0 Å². The Morgan fingerprint density at radius 2 is 1.94 bits per heavy atom. The molecule has 0 radical (unpaired) electrons. The molecule has 0 atom stereocenters. The Morgan fingerprint density at radius 1 is 1.28 bits per heavy atom. The van der Waals surface area contributed by atoms with E-state index in [0.29, 0.717) is 18.6 Å². The smallest absolute Gasteiger partial charge is 0.295 e. The van der Waals surface area contributed by atoms with Gasteiger partial charge in [-0.05, 0) is 38.8 Å². The van der Waals surface area contributed by atoms with Crippen LogP contribution in [0.1, 0.15) is 36.7 Å². The van der Waals surface area contributed by atoms with E-state index in [9.17, 15) is 4.79 Å².